The zero-order valence-electron chi connectivity index (χ0n) is 45.3. The van der Waals surface area contributed by atoms with Crippen molar-refractivity contribution in [1.82, 2.24) is 0 Å². The first-order valence-electron chi connectivity index (χ1n) is 29.1. The van der Waals surface area contributed by atoms with Crippen LogP contribution in [0.5, 0.6) is 0 Å². The van der Waals surface area contributed by atoms with Crippen LogP contribution < -0.4 is 0 Å². The topological polar surface area (TPSA) is 78.9 Å². The van der Waals surface area contributed by atoms with Gasteiger partial charge in [-0.05, 0) is 116 Å². The smallest absolute Gasteiger partial charge is 0.306 e. The molecule has 6 nitrogen and oxygen atoms in total. The second-order valence-corrected chi connectivity index (χ2v) is 19.2. The first kappa shape index (κ1) is 65.6. The van der Waals surface area contributed by atoms with Gasteiger partial charge in [-0.3, -0.25) is 14.4 Å². The molecule has 0 saturated heterocycles. The number of hydrogen-bond acceptors (Lipinski definition) is 6. The number of allylic oxidation sites excluding steroid dienone is 14. The third kappa shape index (κ3) is 55.4. The van der Waals surface area contributed by atoms with Crippen LogP contribution in [0.2, 0.25) is 0 Å². The Labute approximate surface area is 426 Å². The number of rotatable bonds is 52. The first-order chi connectivity index (χ1) is 34.0. The zero-order valence-corrected chi connectivity index (χ0v) is 45.3. The second kappa shape index (κ2) is 57.2. The lowest BCUT2D eigenvalue weighted by molar-refractivity contribution is -0.167. The SMILES string of the molecule is CC/C=C\C/C=C\C/C=C\C/C=C\C/C=C\CCCCCC(=O)OCC(COC(=O)CCCCC/C=C\CCCCCCCCC)OC(=O)CCCCCCC/C=C\CCCCCCCCCCC. The highest BCUT2D eigenvalue weighted by atomic mass is 16.6. The molecule has 0 heterocycles. The van der Waals surface area contributed by atoms with Crippen molar-refractivity contribution in [3.63, 3.8) is 0 Å². The molecule has 0 aliphatic heterocycles. The van der Waals surface area contributed by atoms with Gasteiger partial charge < -0.3 is 14.2 Å². The number of carbonyl (C=O) groups excluding carboxylic acids is 3. The van der Waals surface area contributed by atoms with Gasteiger partial charge in [0.2, 0.25) is 0 Å². The lowest BCUT2D eigenvalue weighted by Gasteiger charge is -2.18. The van der Waals surface area contributed by atoms with E-state index in [1.165, 1.54) is 116 Å². The minimum atomic E-state index is -0.801. The number of carbonyl (C=O) groups is 3. The standard InChI is InChI=1S/C63H108O6/c1-4-7-10-13-16-19-22-25-28-30-32-34-35-38-41-44-47-50-53-56-62(65)68-59-60(58-67-61(64)55-52-49-46-43-40-37-27-24-21-18-15-12-9-6-3)69-63(66)57-54-51-48-45-42-39-36-33-31-29-26-23-20-17-14-11-8-5-2/h7,10,16,19,25,28,32-34,36-38,40-41,60H,4-6,8-9,11-15,17-18,20-24,26-27,29-31,35,39,42-59H2,1-3H3/b10-7-,19-16-,28-25-,34-32-,36-33-,40-37-,41-38-. The second-order valence-electron chi connectivity index (χ2n) is 19.2. The predicted octanol–water partition coefficient (Wildman–Crippen LogP) is 19.5. The minimum Gasteiger partial charge on any atom is -0.462 e. The number of unbranched alkanes of at least 4 members (excludes halogenated alkanes) is 27. The number of hydrogen-bond donors (Lipinski definition) is 0. The molecule has 0 N–H and O–H groups in total. The van der Waals surface area contributed by atoms with E-state index in [9.17, 15) is 14.4 Å². The summed E-state index contributed by atoms with van der Waals surface area (Å²) >= 11 is 0. The summed E-state index contributed by atoms with van der Waals surface area (Å²) in [6, 6.07) is 0. The van der Waals surface area contributed by atoms with E-state index in [0.29, 0.717) is 19.3 Å². The van der Waals surface area contributed by atoms with E-state index >= 15 is 0 Å². The highest BCUT2D eigenvalue weighted by Crippen LogP contribution is 2.14. The molecule has 0 aliphatic rings. The summed E-state index contributed by atoms with van der Waals surface area (Å²) in [6.45, 7) is 6.49. The third-order valence-corrected chi connectivity index (χ3v) is 12.4. The summed E-state index contributed by atoms with van der Waals surface area (Å²) in [7, 11) is 0. The summed E-state index contributed by atoms with van der Waals surface area (Å²) in [5.74, 6) is -0.948. The third-order valence-electron chi connectivity index (χ3n) is 12.4. The molecule has 0 aromatic carbocycles. The van der Waals surface area contributed by atoms with Crippen LogP contribution in [0.15, 0.2) is 85.1 Å². The van der Waals surface area contributed by atoms with Gasteiger partial charge in [-0.15, -0.1) is 0 Å². The van der Waals surface area contributed by atoms with E-state index in [4.69, 9.17) is 14.2 Å². The number of ether oxygens (including phenoxy) is 3. The van der Waals surface area contributed by atoms with Crippen LogP contribution in [0.1, 0.15) is 278 Å². The van der Waals surface area contributed by atoms with E-state index in [2.05, 4.69) is 106 Å². The van der Waals surface area contributed by atoms with Gasteiger partial charge in [-0.2, -0.15) is 0 Å². The molecule has 0 aromatic heterocycles. The lowest BCUT2D eigenvalue weighted by Crippen LogP contribution is -2.30. The summed E-state index contributed by atoms with van der Waals surface area (Å²) in [4.78, 5) is 38.2. The fourth-order valence-corrected chi connectivity index (χ4v) is 7.99. The Hall–Kier alpha value is -3.41. The van der Waals surface area contributed by atoms with Crippen LogP contribution in [-0.2, 0) is 28.6 Å². The van der Waals surface area contributed by atoms with Crippen molar-refractivity contribution in [2.24, 2.45) is 0 Å². The Bertz CT molecular complexity index is 1330. The normalized spacial score (nSPS) is 12.7. The van der Waals surface area contributed by atoms with Crippen molar-refractivity contribution in [3.8, 4) is 0 Å². The molecule has 0 amide bonds. The molecule has 6 heteroatoms. The zero-order chi connectivity index (χ0) is 50.0. The molecular formula is C63H108O6. The highest BCUT2D eigenvalue weighted by molar-refractivity contribution is 5.71. The summed E-state index contributed by atoms with van der Waals surface area (Å²) in [5.41, 5.74) is 0. The maximum atomic E-state index is 12.9. The van der Waals surface area contributed by atoms with Crippen molar-refractivity contribution in [3.05, 3.63) is 85.1 Å². The van der Waals surface area contributed by atoms with Crippen molar-refractivity contribution in [1.29, 1.82) is 0 Å². The summed E-state index contributed by atoms with van der Waals surface area (Å²) in [6.07, 6.45) is 74.3. The van der Waals surface area contributed by atoms with Gasteiger partial charge >= 0.3 is 17.9 Å². The van der Waals surface area contributed by atoms with Gasteiger partial charge in [0, 0.05) is 19.3 Å². The molecule has 0 saturated carbocycles. The van der Waals surface area contributed by atoms with Crippen molar-refractivity contribution in [2.75, 3.05) is 13.2 Å². The maximum absolute atomic E-state index is 12.9. The molecule has 0 radical (unpaired) electrons. The first-order valence-corrected chi connectivity index (χ1v) is 29.1. The van der Waals surface area contributed by atoms with Crippen LogP contribution in [-0.4, -0.2) is 37.2 Å². The van der Waals surface area contributed by atoms with Gasteiger partial charge in [0.25, 0.3) is 0 Å². The Balaban J connectivity index is 4.46. The molecule has 1 atom stereocenters. The molecule has 0 bridgehead atoms. The van der Waals surface area contributed by atoms with Crippen LogP contribution in [0, 0.1) is 0 Å². The molecule has 1 unspecified atom stereocenters. The van der Waals surface area contributed by atoms with Crippen LogP contribution in [0.3, 0.4) is 0 Å². The van der Waals surface area contributed by atoms with Gasteiger partial charge in [-0.25, -0.2) is 0 Å². The molecule has 69 heavy (non-hydrogen) atoms. The maximum Gasteiger partial charge on any atom is 0.306 e. The van der Waals surface area contributed by atoms with Crippen molar-refractivity contribution >= 4 is 17.9 Å². The summed E-state index contributed by atoms with van der Waals surface area (Å²) in [5, 5.41) is 0. The van der Waals surface area contributed by atoms with Crippen LogP contribution in [0.25, 0.3) is 0 Å². The summed E-state index contributed by atoms with van der Waals surface area (Å²) < 4.78 is 16.8. The highest BCUT2D eigenvalue weighted by Gasteiger charge is 2.19. The van der Waals surface area contributed by atoms with E-state index in [0.717, 1.165) is 122 Å². The molecule has 396 valence electrons. The van der Waals surface area contributed by atoms with Crippen LogP contribution in [0.4, 0.5) is 0 Å². The monoisotopic (exact) mass is 961 g/mol. The Morgan fingerprint density at radius 1 is 0.304 bits per heavy atom. The Kier molecular flexibility index (Phi) is 54.3. The predicted molar refractivity (Wildman–Crippen MR) is 297 cm³/mol. The van der Waals surface area contributed by atoms with E-state index in [1.807, 2.05) is 0 Å². The van der Waals surface area contributed by atoms with Crippen molar-refractivity contribution < 1.29 is 28.6 Å². The number of esters is 3. The average Bonchev–Trinajstić information content (AvgIpc) is 3.35. The average molecular weight is 962 g/mol. The van der Waals surface area contributed by atoms with E-state index in [1.54, 1.807) is 0 Å². The molecule has 0 fully saturated rings. The Morgan fingerprint density at radius 3 is 0.913 bits per heavy atom. The molecule has 0 rings (SSSR count). The van der Waals surface area contributed by atoms with E-state index in [-0.39, 0.29) is 31.1 Å². The van der Waals surface area contributed by atoms with Crippen LogP contribution >= 0.6 is 0 Å². The van der Waals surface area contributed by atoms with Gasteiger partial charge in [0.05, 0.1) is 0 Å². The Morgan fingerprint density at radius 2 is 0.565 bits per heavy atom. The van der Waals surface area contributed by atoms with Gasteiger partial charge in [-0.1, -0.05) is 228 Å². The molecule has 0 aromatic rings. The van der Waals surface area contributed by atoms with Crippen molar-refractivity contribution in [2.45, 2.75) is 284 Å². The fraction of sp³-hybridized carbons (Fsp3) is 0.730. The largest absolute Gasteiger partial charge is 0.462 e. The molecule has 0 spiro atoms. The quantitative estimate of drug-likeness (QED) is 0.0262. The molecular weight excluding hydrogens is 853 g/mol. The molecule has 0 aliphatic carbocycles. The fourth-order valence-electron chi connectivity index (χ4n) is 7.99. The van der Waals surface area contributed by atoms with Gasteiger partial charge in [0.1, 0.15) is 13.2 Å². The van der Waals surface area contributed by atoms with Gasteiger partial charge in [0.15, 0.2) is 6.10 Å². The lowest BCUT2D eigenvalue weighted by atomic mass is 10.1. The van der Waals surface area contributed by atoms with E-state index < -0.39 is 6.10 Å². The minimum absolute atomic E-state index is 0.0981.